The number of carbonyl (C=O) groups is 1. The molecule has 1 atom stereocenters. The lowest BCUT2D eigenvalue weighted by atomic mass is 10.1. The molecule has 0 aliphatic carbocycles. The van der Waals surface area contributed by atoms with Gasteiger partial charge in [-0.15, -0.1) is 12.4 Å². The normalized spacial score (nSPS) is 16.0. The van der Waals surface area contributed by atoms with Gasteiger partial charge in [-0.3, -0.25) is 9.69 Å². The fourth-order valence-corrected chi connectivity index (χ4v) is 4.06. The summed E-state index contributed by atoms with van der Waals surface area (Å²) < 4.78 is 16.4. The minimum absolute atomic E-state index is 0. The fourth-order valence-electron chi connectivity index (χ4n) is 4.06. The highest BCUT2D eigenvalue weighted by atomic mass is 35.5. The van der Waals surface area contributed by atoms with Crippen LogP contribution in [0, 0.1) is 0 Å². The van der Waals surface area contributed by atoms with Crippen LogP contribution in [0.25, 0.3) is 10.8 Å². The summed E-state index contributed by atoms with van der Waals surface area (Å²) in [6.45, 7) is 1.94. The maximum atomic E-state index is 12.7. The van der Waals surface area contributed by atoms with Crippen LogP contribution in [0.3, 0.4) is 0 Å². The average molecular weight is 442 g/mol. The first-order chi connectivity index (χ1) is 14.7. The average Bonchev–Trinajstić information content (AvgIpc) is 3.25. The Morgan fingerprint density at radius 1 is 0.935 bits per heavy atom. The molecule has 1 fully saturated rings. The van der Waals surface area contributed by atoms with E-state index in [9.17, 15) is 4.79 Å². The minimum atomic E-state index is -0.185. The van der Waals surface area contributed by atoms with E-state index in [2.05, 4.69) is 23.1 Å². The Morgan fingerprint density at radius 3 is 2.35 bits per heavy atom. The van der Waals surface area contributed by atoms with E-state index in [1.165, 1.54) is 0 Å². The number of rotatable bonds is 7. The van der Waals surface area contributed by atoms with Crippen molar-refractivity contribution in [2.45, 2.75) is 32.0 Å². The van der Waals surface area contributed by atoms with Gasteiger partial charge >= 0.3 is 5.97 Å². The van der Waals surface area contributed by atoms with Gasteiger partial charge in [0.25, 0.3) is 0 Å². The molecule has 0 amide bonds. The van der Waals surface area contributed by atoms with Crippen molar-refractivity contribution in [2.75, 3.05) is 20.8 Å². The molecule has 0 aromatic heterocycles. The van der Waals surface area contributed by atoms with Gasteiger partial charge in [-0.2, -0.15) is 0 Å². The molecule has 1 heterocycles. The predicted molar refractivity (Wildman–Crippen MR) is 124 cm³/mol. The van der Waals surface area contributed by atoms with E-state index >= 15 is 0 Å². The summed E-state index contributed by atoms with van der Waals surface area (Å²) in [5.41, 5.74) is 2.17. The Balaban J connectivity index is 0.00000272. The second-order valence-corrected chi connectivity index (χ2v) is 7.61. The number of benzene rings is 3. The summed E-state index contributed by atoms with van der Waals surface area (Å²) in [6.07, 6.45) is 1.84. The van der Waals surface area contributed by atoms with Gasteiger partial charge in [0, 0.05) is 6.54 Å². The molecular formula is C25H28ClNO4. The van der Waals surface area contributed by atoms with Crippen molar-refractivity contribution >= 4 is 29.1 Å². The van der Waals surface area contributed by atoms with Gasteiger partial charge < -0.3 is 14.2 Å². The van der Waals surface area contributed by atoms with E-state index in [1.807, 2.05) is 42.5 Å². The van der Waals surface area contributed by atoms with Gasteiger partial charge in [-0.05, 0) is 59.5 Å². The van der Waals surface area contributed by atoms with Crippen molar-refractivity contribution in [2.24, 2.45) is 0 Å². The van der Waals surface area contributed by atoms with Gasteiger partial charge in [0.2, 0.25) is 0 Å². The molecule has 5 nitrogen and oxygen atoms in total. The molecule has 0 radical (unpaired) electrons. The lowest BCUT2D eigenvalue weighted by molar-refractivity contribution is -0.150. The van der Waals surface area contributed by atoms with E-state index < -0.39 is 0 Å². The zero-order chi connectivity index (χ0) is 20.9. The van der Waals surface area contributed by atoms with Gasteiger partial charge in [-0.1, -0.05) is 42.5 Å². The molecule has 3 aromatic carbocycles. The Kier molecular flexibility index (Phi) is 7.77. The molecule has 31 heavy (non-hydrogen) atoms. The van der Waals surface area contributed by atoms with Crippen LogP contribution < -0.4 is 9.47 Å². The molecule has 4 rings (SSSR count). The van der Waals surface area contributed by atoms with Crippen LogP contribution in [0.15, 0.2) is 60.7 Å². The molecule has 1 saturated heterocycles. The van der Waals surface area contributed by atoms with Gasteiger partial charge in [0.15, 0.2) is 11.5 Å². The second kappa shape index (κ2) is 10.5. The highest BCUT2D eigenvalue weighted by Crippen LogP contribution is 2.33. The summed E-state index contributed by atoms with van der Waals surface area (Å²) in [6, 6.07) is 20.0. The Labute approximate surface area is 189 Å². The molecule has 164 valence electrons. The summed E-state index contributed by atoms with van der Waals surface area (Å²) in [5, 5.41) is 2.18. The highest BCUT2D eigenvalue weighted by molar-refractivity contribution is 5.87. The standard InChI is InChI=1S/C25H27NO4.ClH/c1-28-23-14-20-11-10-19(13-21(20)15-24(23)29-2)16-26-12-6-9-22(26)25(27)30-17-18-7-4-3-5-8-18;/h3-5,7-8,10-11,13-15,22H,6,9,12,16-17H2,1-2H3;1H. The number of ether oxygens (including phenoxy) is 3. The van der Waals surface area contributed by atoms with Crippen LogP contribution in [0.5, 0.6) is 11.5 Å². The number of hydrogen-bond donors (Lipinski definition) is 0. The topological polar surface area (TPSA) is 48.0 Å². The molecular weight excluding hydrogens is 414 g/mol. The number of hydrogen-bond acceptors (Lipinski definition) is 5. The zero-order valence-electron chi connectivity index (χ0n) is 17.9. The molecule has 3 aromatic rings. The monoisotopic (exact) mass is 441 g/mol. The van der Waals surface area contributed by atoms with Gasteiger partial charge in [-0.25, -0.2) is 0 Å². The van der Waals surface area contributed by atoms with E-state index in [4.69, 9.17) is 14.2 Å². The Morgan fingerprint density at radius 2 is 1.65 bits per heavy atom. The van der Waals surface area contributed by atoms with E-state index in [-0.39, 0.29) is 24.4 Å². The predicted octanol–water partition coefficient (Wildman–Crippen LogP) is 4.99. The van der Waals surface area contributed by atoms with E-state index in [0.717, 1.165) is 53.6 Å². The fraction of sp³-hybridized carbons (Fsp3) is 0.320. The van der Waals surface area contributed by atoms with E-state index in [1.54, 1.807) is 14.2 Å². The van der Waals surface area contributed by atoms with Crippen molar-refractivity contribution < 1.29 is 19.0 Å². The molecule has 0 N–H and O–H groups in total. The Hall–Kier alpha value is -2.76. The number of likely N-dealkylation sites (tertiary alicyclic amines) is 1. The smallest absolute Gasteiger partial charge is 0.323 e. The Bertz CT molecular complexity index is 1020. The largest absolute Gasteiger partial charge is 0.493 e. The summed E-state index contributed by atoms with van der Waals surface area (Å²) in [4.78, 5) is 14.9. The van der Waals surface area contributed by atoms with Crippen LogP contribution in [-0.2, 0) is 22.7 Å². The quantitative estimate of drug-likeness (QED) is 0.483. The first kappa shape index (κ1) is 22.9. The lowest BCUT2D eigenvalue weighted by Crippen LogP contribution is -2.36. The summed E-state index contributed by atoms with van der Waals surface area (Å²) >= 11 is 0. The molecule has 0 bridgehead atoms. The maximum Gasteiger partial charge on any atom is 0.323 e. The summed E-state index contributed by atoms with van der Waals surface area (Å²) in [7, 11) is 3.28. The number of nitrogens with zero attached hydrogens (tertiary/aromatic N) is 1. The third-order valence-electron chi connectivity index (χ3n) is 5.65. The third-order valence-corrected chi connectivity index (χ3v) is 5.65. The van der Waals surface area contributed by atoms with Crippen molar-refractivity contribution in [3.63, 3.8) is 0 Å². The molecule has 1 aliphatic rings. The number of fused-ring (bicyclic) bond motifs is 1. The van der Waals surface area contributed by atoms with Crippen LogP contribution in [0.4, 0.5) is 0 Å². The lowest BCUT2D eigenvalue weighted by Gasteiger charge is -2.23. The van der Waals surface area contributed by atoms with Gasteiger partial charge in [0.05, 0.1) is 14.2 Å². The minimum Gasteiger partial charge on any atom is -0.493 e. The van der Waals surface area contributed by atoms with Crippen molar-refractivity contribution in [1.82, 2.24) is 4.90 Å². The van der Waals surface area contributed by atoms with Crippen molar-refractivity contribution in [1.29, 1.82) is 0 Å². The zero-order valence-corrected chi connectivity index (χ0v) is 18.7. The molecule has 1 unspecified atom stereocenters. The van der Waals surface area contributed by atoms with Crippen molar-refractivity contribution in [3.05, 3.63) is 71.8 Å². The van der Waals surface area contributed by atoms with Gasteiger partial charge in [0.1, 0.15) is 12.6 Å². The first-order valence-corrected chi connectivity index (χ1v) is 10.3. The molecule has 0 spiro atoms. The number of esters is 1. The number of halogens is 1. The molecule has 1 aliphatic heterocycles. The first-order valence-electron chi connectivity index (χ1n) is 10.3. The van der Waals surface area contributed by atoms with Crippen molar-refractivity contribution in [3.8, 4) is 11.5 Å². The van der Waals surface area contributed by atoms with Crippen LogP contribution in [0.1, 0.15) is 24.0 Å². The third kappa shape index (κ3) is 5.30. The number of carbonyl (C=O) groups excluding carboxylic acids is 1. The molecule has 0 saturated carbocycles. The highest BCUT2D eigenvalue weighted by Gasteiger charge is 2.31. The number of methoxy groups -OCH3 is 2. The van der Waals surface area contributed by atoms with Crippen LogP contribution >= 0.6 is 12.4 Å². The van der Waals surface area contributed by atoms with Crippen LogP contribution in [0.2, 0.25) is 0 Å². The maximum absolute atomic E-state index is 12.7. The van der Waals surface area contributed by atoms with E-state index in [0.29, 0.717) is 12.4 Å². The second-order valence-electron chi connectivity index (χ2n) is 7.61. The van der Waals surface area contributed by atoms with Crippen LogP contribution in [-0.4, -0.2) is 37.7 Å². The molecule has 6 heteroatoms. The summed E-state index contributed by atoms with van der Waals surface area (Å²) in [5.74, 6) is 1.30. The SMILES string of the molecule is COc1cc2ccc(CN3CCCC3C(=O)OCc3ccccc3)cc2cc1OC.Cl.